The molecule has 8 nitrogen and oxygen atoms in total. The Balaban J connectivity index is 1.62. The summed E-state index contributed by atoms with van der Waals surface area (Å²) in [5, 5.41) is 2.91. The van der Waals surface area contributed by atoms with Gasteiger partial charge >= 0.3 is 6.03 Å². The molecule has 2 saturated heterocycles. The normalized spacial score (nSPS) is 20.8. The second-order valence-corrected chi connectivity index (χ2v) is 8.88. The van der Waals surface area contributed by atoms with Crippen LogP contribution in [-0.2, 0) is 13.0 Å². The SMILES string of the molecule is C=CCNC(=O)N1CCc2nc(N3CCN(C)CC3)nc(N3CCC(C)CC3)c2C1. The van der Waals surface area contributed by atoms with Gasteiger partial charge in [0, 0.05) is 64.3 Å². The minimum atomic E-state index is -0.0399. The van der Waals surface area contributed by atoms with E-state index < -0.39 is 0 Å². The van der Waals surface area contributed by atoms with Crippen LogP contribution in [0.15, 0.2) is 12.7 Å². The number of likely N-dealkylation sites (N-methyl/N-ethyl adjacent to an activating group) is 1. The lowest BCUT2D eigenvalue weighted by Gasteiger charge is -2.38. The first kappa shape index (κ1) is 20.9. The van der Waals surface area contributed by atoms with Crippen LogP contribution < -0.4 is 15.1 Å². The highest BCUT2D eigenvalue weighted by Crippen LogP contribution is 2.31. The third kappa shape index (κ3) is 4.53. The van der Waals surface area contributed by atoms with Gasteiger partial charge in [-0.05, 0) is 25.8 Å². The topological polar surface area (TPSA) is 67.8 Å². The first-order chi connectivity index (χ1) is 14.5. The van der Waals surface area contributed by atoms with Gasteiger partial charge < -0.3 is 24.9 Å². The minimum absolute atomic E-state index is 0.0399. The molecule has 0 saturated carbocycles. The largest absolute Gasteiger partial charge is 0.356 e. The molecule has 0 unspecified atom stereocenters. The first-order valence-corrected chi connectivity index (χ1v) is 11.3. The minimum Gasteiger partial charge on any atom is -0.356 e. The average molecular weight is 414 g/mol. The van der Waals surface area contributed by atoms with Crippen molar-refractivity contribution in [3.8, 4) is 0 Å². The Labute approximate surface area is 179 Å². The molecule has 30 heavy (non-hydrogen) atoms. The van der Waals surface area contributed by atoms with E-state index in [0.29, 0.717) is 19.6 Å². The summed E-state index contributed by atoms with van der Waals surface area (Å²) in [4.78, 5) is 31.6. The zero-order chi connectivity index (χ0) is 21.1. The molecular weight excluding hydrogens is 378 g/mol. The van der Waals surface area contributed by atoms with Crippen LogP contribution in [0, 0.1) is 5.92 Å². The van der Waals surface area contributed by atoms with Crippen molar-refractivity contribution in [1.82, 2.24) is 25.1 Å². The van der Waals surface area contributed by atoms with E-state index in [0.717, 1.165) is 74.6 Å². The van der Waals surface area contributed by atoms with Gasteiger partial charge in [-0.2, -0.15) is 4.98 Å². The Morgan fingerprint density at radius 3 is 2.53 bits per heavy atom. The second kappa shape index (κ2) is 9.20. The maximum absolute atomic E-state index is 12.5. The van der Waals surface area contributed by atoms with Crippen LogP contribution in [0.2, 0.25) is 0 Å². The van der Waals surface area contributed by atoms with E-state index in [1.165, 1.54) is 12.8 Å². The van der Waals surface area contributed by atoms with E-state index in [-0.39, 0.29) is 6.03 Å². The Hall–Kier alpha value is -2.35. The number of aromatic nitrogens is 2. The Morgan fingerprint density at radius 1 is 1.10 bits per heavy atom. The van der Waals surface area contributed by atoms with Crippen molar-refractivity contribution in [2.24, 2.45) is 5.92 Å². The van der Waals surface area contributed by atoms with Gasteiger partial charge in [-0.15, -0.1) is 6.58 Å². The van der Waals surface area contributed by atoms with Crippen LogP contribution >= 0.6 is 0 Å². The van der Waals surface area contributed by atoms with Gasteiger partial charge in [-0.1, -0.05) is 13.0 Å². The number of piperidine rings is 1. The van der Waals surface area contributed by atoms with Gasteiger partial charge in [0.05, 0.1) is 12.2 Å². The fraction of sp³-hybridized carbons (Fsp3) is 0.682. The first-order valence-electron chi connectivity index (χ1n) is 11.3. The molecule has 1 N–H and O–H groups in total. The number of amides is 2. The van der Waals surface area contributed by atoms with Crippen LogP contribution in [0.5, 0.6) is 0 Å². The number of carbonyl (C=O) groups is 1. The summed E-state index contributed by atoms with van der Waals surface area (Å²) in [5.41, 5.74) is 2.24. The monoisotopic (exact) mass is 413 g/mol. The third-order valence-corrected chi connectivity index (χ3v) is 6.58. The fourth-order valence-electron chi connectivity index (χ4n) is 4.46. The van der Waals surface area contributed by atoms with Crippen LogP contribution in [0.1, 0.15) is 31.0 Å². The molecule has 3 aliphatic heterocycles. The second-order valence-electron chi connectivity index (χ2n) is 8.88. The summed E-state index contributed by atoms with van der Waals surface area (Å²) in [7, 11) is 2.16. The molecule has 4 heterocycles. The Morgan fingerprint density at radius 2 is 1.83 bits per heavy atom. The third-order valence-electron chi connectivity index (χ3n) is 6.58. The zero-order valence-electron chi connectivity index (χ0n) is 18.4. The Bertz CT molecular complexity index is 767. The van der Waals surface area contributed by atoms with Crippen molar-refractivity contribution in [2.75, 3.05) is 69.2 Å². The van der Waals surface area contributed by atoms with Gasteiger partial charge in [0.15, 0.2) is 0 Å². The fourth-order valence-corrected chi connectivity index (χ4v) is 4.46. The van der Waals surface area contributed by atoms with Crippen LogP contribution in [-0.4, -0.2) is 85.2 Å². The number of anilines is 2. The van der Waals surface area contributed by atoms with E-state index >= 15 is 0 Å². The molecule has 0 aromatic carbocycles. The number of urea groups is 1. The standard InChI is InChI=1S/C22H35N7O/c1-4-8-23-22(30)29-11-7-19-18(16-29)20(27-9-5-17(2)6-10-27)25-21(24-19)28-14-12-26(3)13-15-28/h4,17H,1,5-16H2,2-3H3,(H,23,30). The number of rotatable bonds is 4. The summed E-state index contributed by atoms with van der Waals surface area (Å²) in [6.45, 7) is 13.8. The van der Waals surface area contributed by atoms with Gasteiger partial charge in [-0.25, -0.2) is 9.78 Å². The molecule has 164 valence electrons. The molecule has 0 atom stereocenters. The predicted octanol–water partition coefficient (Wildman–Crippen LogP) is 1.72. The molecule has 0 radical (unpaired) electrons. The van der Waals surface area contributed by atoms with E-state index in [1.807, 2.05) is 4.90 Å². The number of nitrogens with one attached hydrogen (secondary N) is 1. The lowest BCUT2D eigenvalue weighted by atomic mass is 9.98. The number of hydrogen-bond acceptors (Lipinski definition) is 6. The van der Waals surface area contributed by atoms with Crippen molar-refractivity contribution < 1.29 is 4.79 Å². The molecular formula is C22H35N7O. The van der Waals surface area contributed by atoms with Crippen molar-refractivity contribution in [1.29, 1.82) is 0 Å². The van der Waals surface area contributed by atoms with E-state index in [4.69, 9.17) is 9.97 Å². The van der Waals surface area contributed by atoms with Crippen molar-refractivity contribution >= 4 is 17.8 Å². The number of nitrogens with zero attached hydrogens (tertiary/aromatic N) is 6. The van der Waals surface area contributed by atoms with Crippen molar-refractivity contribution in [2.45, 2.75) is 32.7 Å². The van der Waals surface area contributed by atoms with Gasteiger partial charge in [0.1, 0.15) is 5.82 Å². The predicted molar refractivity (Wildman–Crippen MR) is 120 cm³/mol. The summed E-state index contributed by atoms with van der Waals surface area (Å²) >= 11 is 0. The summed E-state index contributed by atoms with van der Waals surface area (Å²) in [6.07, 6.45) is 4.86. The highest BCUT2D eigenvalue weighted by Gasteiger charge is 2.30. The average Bonchev–Trinajstić information content (AvgIpc) is 2.77. The maximum atomic E-state index is 12.5. The summed E-state index contributed by atoms with van der Waals surface area (Å²) in [6, 6.07) is -0.0399. The zero-order valence-corrected chi connectivity index (χ0v) is 18.4. The quantitative estimate of drug-likeness (QED) is 0.758. The van der Waals surface area contributed by atoms with E-state index in [2.05, 4.69) is 40.6 Å². The van der Waals surface area contributed by atoms with Gasteiger partial charge in [-0.3, -0.25) is 0 Å². The van der Waals surface area contributed by atoms with Crippen LogP contribution in [0.25, 0.3) is 0 Å². The maximum Gasteiger partial charge on any atom is 0.317 e. The molecule has 2 fully saturated rings. The molecule has 0 spiro atoms. The highest BCUT2D eigenvalue weighted by molar-refractivity contribution is 5.75. The molecule has 0 aliphatic carbocycles. The molecule has 8 heteroatoms. The van der Waals surface area contributed by atoms with E-state index in [9.17, 15) is 4.79 Å². The van der Waals surface area contributed by atoms with Crippen LogP contribution in [0.4, 0.5) is 16.6 Å². The summed E-state index contributed by atoms with van der Waals surface area (Å²) < 4.78 is 0. The smallest absolute Gasteiger partial charge is 0.317 e. The van der Waals surface area contributed by atoms with E-state index in [1.54, 1.807) is 6.08 Å². The lowest BCUT2D eigenvalue weighted by Crippen LogP contribution is -2.46. The van der Waals surface area contributed by atoms with Crippen molar-refractivity contribution in [3.05, 3.63) is 23.9 Å². The van der Waals surface area contributed by atoms with Gasteiger partial charge in [0.25, 0.3) is 0 Å². The van der Waals surface area contributed by atoms with Gasteiger partial charge in [0.2, 0.25) is 5.95 Å². The molecule has 2 amide bonds. The molecule has 3 aliphatic rings. The number of fused-ring (bicyclic) bond motifs is 1. The highest BCUT2D eigenvalue weighted by atomic mass is 16.2. The number of piperazine rings is 1. The summed E-state index contributed by atoms with van der Waals surface area (Å²) in [5.74, 6) is 2.67. The molecule has 0 bridgehead atoms. The molecule has 1 aromatic heterocycles. The van der Waals surface area contributed by atoms with Crippen molar-refractivity contribution in [3.63, 3.8) is 0 Å². The molecule has 4 rings (SSSR count). The molecule has 1 aromatic rings. The van der Waals surface area contributed by atoms with Crippen LogP contribution in [0.3, 0.4) is 0 Å². The number of carbonyl (C=O) groups excluding carboxylic acids is 1. The lowest BCUT2D eigenvalue weighted by molar-refractivity contribution is 0.193. The number of hydrogen-bond donors (Lipinski definition) is 1. The Kier molecular flexibility index (Phi) is 6.41.